The van der Waals surface area contributed by atoms with Gasteiger partial charge in [-0.25, -0.2) is 0 Å². The second-order valence-electron chi connectivity index (χ2n) is 4.41. The molecule has 1 aliphatic rings. The van der Waals surface area contributed by atoms with Gasteiger partial charge in [0.25, 0.3) is 0 Å². The summed E-state index contributed by atoms with van der Waals surface area (Å²) >= 11 is 0. The maximum absolute atomic E-state index is 12.5. The van der Waals surface area contributed by atoms with Crippen molar-refractivity contribution in [2.24, 2.45) is 0 Å². The second-order valence-corrected chi connectivity index (χ2v) is 4.41. The third-order valence-corrected chi connectivity index (χ3v) is 3.31. The number of hydrogen-bond acceptors (Lipinski definition) is 2. The fourth-order valence-corrected chi connectivity index (χ4v) is 2.53. The van der Waals surface area contributed by atoms with Crippen LogP contribution in [0.25, 0.3) is 0 Å². The highest BCUT2D eigenvalue weighted by molar-refractivity contribution is 5.30. The molecule has 2 atom stereocenters. The van der Waals surface area contributed by atoms with Gasteiger partial charge in [0.1, 0.15) is 0 Å². The van der Waals surface area contributed by atoms with Crippen molar-refractivity contribution in [3.8, 4) is 0 Å². The first kappa shape index (κ1) is 12.4. The first-order chi connectivity index (χ1) is 8.01. The van der Waals surface area contributed by atoms with Crippen molar-refractivity contribution in [1.82, 2.24) is 10.3 Å². The molecule has 1 aromatic rings. The van der Waals surface area contributed by atoms with Gasteiger partial charge < -0.3 is 5.32 Å². The van der Waals surface area contributed by atoms with Crippen LogP contribution >= 0.6 is 0 Å². The van der Waals surface area contributed by atoms with Crippen molar-refractivity contribution in [3.63, 3.8) is 0 Å². The van der Waals surface area contributed by atoms with Gasteiger partial charge in [0.2, 0.25) is 0 Å². The molecule has 1 N–H and O–H groups in total. The summed E-state index contributed by atoms with van der Waals surface area (Å²) in [5.74, 6) is -0.127. The number of likely N-dealkylation sites (N-methyl/N-ethyl adjacent to an activating group) is 1. The Bertz CT molecular complexity index is 390. The van der Waals surface area contributed by atoms with Gasteiger partial charge in [-0.1, -0.05) is 6.07 Å². The number of halogens is 3. The lowest BCUT2D eigenvalue weighted by molar-refractivity contribution is -0.141. The molecule has 2 nitrogen and oxygen atoms in total. The fraction of sp³-hybridized carbons (Fsp3) is 0.583. The number of aryl methyl sites for hydroxylation is 1. The highest BCUT2D eigenvalue weighted by atomic mass is 19.4. The topological polar surface area (TPSA) is 24.9 Å². The van der Waals surface area contributed by atoms with Gasteiger partial charge in [-0.15, -0.1) is 0 Å². The number of fused-ring (bicyclic) bond motifs is 1. The molecule has 0 bridgehead atoms. The summed E-state index contributed by atoms with van der Waals surface area (Å²) in [4.78, 5) is 4.23. The Morgan fingerprint density at radius 3 is 2.94 bits per heavy atom. The molecule has 0 spiro atoms. The van der Waals surface area contributed by atoms with Crippen LogP contribution in [0.2, 0.25) is 0 Å². The molecule has 0 aromatic carbocycles. The molecule has 0 fully saturated rings. The van der Waals surface area contributed by atoms with Crippen molar-refractivity contribution in [2.45, 2.75) is 37.4 Å². The number of nitrogens with one attached hydrogen (secondary N) is 1. The standard InChI is InChI=1S/C12H15F3N2/c1-16-10(7-12(13,14)15)9-5-4-8-3-2-6-17-11(8)9/h2-3,6,9-10,16H,4-5,7H2,1H3. The van der Waals surface area contributed by atoms with E-state index >= 15 is 0 Å². The van der Waals surface area contributed by atoms with Gasteiger partial charge in [0.15, 0.2) is 0 Å². The Kier molecular flexibility index (Phi) is 3.38. The van der Waals surface area contributed by atoms with E-state index in [-0.39, 0.29) is 5.92 Å². The van der Waals surface area contributed by atoms with Crippen LogP contribution in [0.15, 0.2) is 18.3 Å². The van der Waals surface area contributed by atoms with E-state index in [4.69, 9.17) is 0 Å². The number of aromatic nitrogens is 1. The third kappa shape index (κ3) is 2.77. The normalized spacial score (nSPS) is 21.3. The lowest BCUT2D eigenvalue weighted by Crippen LogP contribution is -2.36. The first-order valence-electron chi connectivity index (χ1n) is 5.69. The fourth-order valence-electron chi connectivity index (χ4n) is 2.53. The molecule has 1 heterocycles. The highest BCUT2D eigenvalue weighted by Crippen LogP contribution is 2.37. The number of hydrogen-bond donors (Lipinski definition) is 1. The molecule has 2 unspecified atom stereocenters. The average molecular weight is 244 g/mol. The zero-order chi connectivity index (χ0) is 12.5. The SMILES string of the molecule is CNC(CC(F)(F)F)C1CCc2cccnc21. The second kappa shape index (κ2) is 4.64. The van der Waals surface area contributed by atoms with Gasteiger partial charge in [0.05, 0.1) is 6.42 Å². The lowest BCUT2D eigenvalue weighted by atomic mass is 9.94. The van der Waals surface area contributed by atoms with E-state index < -0.39 is 18.6 Å². The molecule has 0 aliphatic heterocycles. The number of pyridine rings is 1. The van der Waals surface area contributed by atoms with Crippen LogP contribution < -0.4 is 5.32 Å². The van der Waals surface area contributed by atoms with Crippen LogP contribution in [-0.2, 0) is 6.42 Å². The zero-order valence-electron chi connectivity index (χ0n) is 9.59. The predicted octanol–water partition coefficient (Wildman–Crippen LogP) is 2.65. The zero-order valence-corrected chi connectivity index (χ0v) is 9.59. The molecule has 17 heavy (non-hydrogen) atoms. The van der Waals surface area contributed by atoms with Gasteiger partial charge >= 0.3 is 6.18 Å². The minimum atomic E-state index is -4.13. The summed E-state index contributed by atoms with van der Waals surface area (Å²) in [6.07, 6.45) is -1.72. The molecule has 0 amide bonds. The summed E-state index contributed by atoms with van der Waals surface area (Å²) < 4.78 is 37.4. The monoisotopic (exact) mass is 244 g/mol. The van der Waals surface area contributed by atoms with E-state index in [9.17, 15) is 13.2 Å². The molecular weight excluding hydrogens is 229 g/mol. The summed E-state index contributed by atoms with van der Waals surface area (Å²) in [5.41, 5.74) is 1.91. The summed E-state index contributed by atoms with van der Waals surface area (Å²) in [6.45, 7) is 0. The van der Waals surface area contributed by atoms with Crippen molar-refractivity contribution in [2.75, 3.05) is 7.05 Å². The number of alkyl halides is 3. The van der Waals surface area contributed by atoms with Crippen LogP contribution in [-0.4, -0.2) is 24.2 Å². The van der Waals surface area contributed by atoms with Crippen molar-refractivity contribution < 1.29 is 13.2 Å². The molecule has 5 heteroatoms. The van der Waals surface area contributed by atoms with E-state index in [0.29, 0.717) is 0 Å². The van der Waals surface area contributed by atoms with Crippen molar-refractivity contribution >= 4 is 0 Å². The Balaban J connectivity index is 2.17. The molecule has 0 radical (unpaired) electrons. The summed E-state index contributed by atoms with van der Waals surface area (Å²) in [5, 5.41) is 2.78. The van der Waals surface area contributed by atoms with Crippen LogP contribution in [0.5, 0.6) is 0 Å². The largest absolute Gasteiger partial charge is 0.390 e. The Morgan fingerprint density at radius 2 is 2.29 bits per heavy atom. The minimum Gasteiger partial charge on any atom is -0.316 e. The number of rotatable bonds is 3. The van der Waals surface area contributed by atoms with Gasteiger partial charge in [-0.2, -0.15) is 13.2 Å². The molecule has 2 rings (SSSR count). The van der Waals surface area contributed by atoms with E-state index in [1.54, 1.807) is 13.2 Å². The maximum atomic E-state index is 12.5. The van der Waals surface area contributed by atoms with Crippen molar-refractivity contribution in [1.29, 1.82) is 0 Å². The predicted molar refractivity (Wildman–Crippen MR) is 58.8 cm³/mol. The highest BCUT2D eigenvalue weighted by Gasteiger charge is 2.38. The van der Waals surface area contributed by atoms with Gasteiger partial charge in [-0.05, 0) is 31.5 Å². The maximum Gasteiger partial charge on any atom is 0.390 e. The van der Waals surface area contributed by atoms with Crippen LogP contribution in [0.4, 0.5) is 13.2 Å². The quantitative estimate of drug-likeness (QED) is 0.884. The van der Waals surface area contributed by atoms with E-state index in [1.165, 1.54) is 0 Å². The Hall–Kier alpha value is -1.10. The van der Waals surface area contributed by atoms with Crippen LogP contribution in [0.1, 0.15) is 30.0 Å². The van der Waals surface area contributed by atoms with Crippen LogP contribution in [0, 0.1) is 0 Å². The smallest absolute Gasteiger partial charge is 0.316 e. The Labute approximate surface area is 98.2 Å². The molecule has 94 valence electrons. The number of nitrogens with zero attached hydrogens (tertiary/aromatic N) is 1. The minimum absolute atomic E-state index is 0.127. The molecule has 0 saturated heterocycles. The van der Waals surface area contributed by atoms with Crippen molar-refractivity contribution in [3.05, 3.63) is 29.6 Å². The van der Waals surface area contributed by atoms with Gasteiger partial charge in [-0.3, -0.25) is 4.98 Å². The average Bonchev–Trinajstić information content (AvgIpc) is 2.68. The van der Waals surface area contributed by atoms with E-state index in [1.807, 2.05) is 12.1 Å². The lowest BCUT2D eigenvalue weighted by Gasteiger charge is -2.24. The van der Waals surface area contributed by atoms with E-state index in [0.717, 1.165) is 24.1 Å². The van der Waals surface area contributed by atoms with Crippen LogP contribution in [0.3, 0.4) is 0 Å². The first-order valence-corrected chi connectivity index (χ1v) is 5.69. The third-order valence-electron chi connectivity index (χ3n) is 3.31. The summed E-state index contributed by atoms with van der Waals surface area (Å²) in [7, 11) is 1.58. The molecule has 1 aromatic heterocycles. The molecule has 0 saturated carbocycles. The summed E-state index contributed by atoms with van der Waals surface area (Å²) in [6, 6.07) is 3.20. The van der Waals surface area contributed by atoms with Gasteiger partial charge in [0, 0.05) is 23.9 Å². The Morgan fingerprint density at radius 1 is 1.53 bits per heavy atom. The molecule has 1 aliphatic carbocycles. The molecular formula is C12H15F3N2. The van der Waals surface area contributed by atoms with E-state index in [2.05, 4.69) is 10.3 Å².